The van der Waals surface area contributed by atoms with Gasteiger partial charge in [0.2, 0.25) is 0 Å². The Morgan fingerprint density at radius 2 is 2.15 bits per heavy atom. The van der Waals surface area contributed by atoms with Gasteiger partial charge in [0.1, 0.15) is 0 Å². The van der Waals surface area contributed by atoms with E-state index in [0.29, 0.717) is 5.96 Å². The maximum atomic E-state index is 5.80. The Hall–Kier alpha value is -1.24. The second-order valence-electron chi connectivity index (χ2n) is 4.66. The number of para-hydroxylation sites is 1. The summed E-state index contributed by atoms with van der Waals surface area (Å²) in [6.07, 6.45) is 5.24. The molecule has 2 rings (SSSR count). The molecule has 0 aliphatic carbocycles. The highest BCUT2D eigenvalue weighted by molar-refractivity contribution is 14.0. The summed E-state index contributed by atoms with van der Waals surface area (Å²) in [5, 5.41) is 4.44. The molecule has 0 amide bonds. The molecule has 1 aromatic carbocycles. The molecule has 0 aliphatic rings. The van der Waals surface area contributed by atoms with Crippen molar-refractivity contribution in [2.45, 2.75) is 26.2 Å². The summed E-state index contributed by atoms with van der Waals surface area (Å²) in [5.41, 5.74) is 8.29. The molecule has 20 heavy (non-hydrogen) atoms. The molecule has 4 N–H and O–H groups in total. The van der Waals surface area contributed by atoms with Crippen molar-refractivity contribution >= 4 is 40.8 Å². The van der Waals surface area contributed by atoms with E-state index in [-0.39, 0.29) is 24.0 Å². The van der Waals surface area contributed by atoms with Gasteiger partial charge in [0, 0.05) is 30.2 Å². The predicted octanol–water partition coefficient (Wildman–Crippen LogP) is 3.03. The molecular weight excluding hydrogens is 363 g/mol. The maximum absolute atomic E-state index is 5.80. The zero-order valence-electron chi connectivity index (χ0n) is 11.9. The van der Waals surface area contributed by atoms with Crippen molar-refractivity contribution in [1.82, 2.24) is 10.3 Å². The Kier molecular flexibility index (Phi) is 7.43. The highest BCUT2D eigenvalue weighted by atomic mass is 127. The largest absolute Gasteiger partial charge is 0.370 e. The van der Waals surface area contributed by atoms with E-state index in [4.69, 9.17) is 5.73 Å². The number of aromatic nitrogens is 1. The summed E-state index contributed by atoms with van der Waals surface area (Å²) >= 11 is 0. The summed E-state index contributed by atoms with van der Waals surface area (Å²) in [6.45, 7) is 3.77. The van der Waals surface area contributed by atoms with Gasteiger partial charge in [-0.05, 0) is 24.5 Å². The lowest BCUT2D eigenvalue weighted by Crippen LogP contribution is -2.33. The number of unbranched alkanes of at least 4 members (excludes halogenated alkanes) is 1. The zero-order chi connectivity index (χ0) is 13.5. The summed E-state index contributed by atoms with van der Waals surface area (Å²) in [5.74, 6) is 0.549. The number of nitrogens with two attached hydrogens (primary N) is 1. The standard InChI is InChI=1S/C15H22N4.HI/c1-2-3-9-17-15(16)18-10-8-12-11-19-14-7-5-4-6-13(12)14;/h4-7,11,19H,2-3,8-10H2,1H3,(H3,16,17,18);1H. The summed E-state index contributed by atoms with van der Waals surface area (Å²) in [7, 11) is 0. The van der Waals surface area contributed by atoms with Crippen molar-refractivity contribution in [3.05, 3.63) is 36.0 Å². The first-order valence-corrected chi connectivity index (χ1v) is 6.90. The number of hydrogen-bond acceptors (Lipinski definition) is 1. The number of H-pyrrole nitrogens is 1. The zero-order valence-corrected chi connectivity index (χ0v) is 14.2. The molecule has 0 radical (unpaired) electrons. The van der Waals surface area contributed by atoms with Gasteiger partial charge in [0.15, 0.2) is 5.96 Å². The molecule has 0 fully saturated rings. The number of guanidine groups is 1. The predicted molar refractivity (Wildman–Crippen MR) is 96.8 cm³/mol. The van der Waals surface area contributed by atoms with Crippen molar-refractivity contribution in [3.8, 4) is 0 Å². The van der Waals surface area contributed by atoms with Gasteiger partial charge in [0.05, 0.1) is 0 Å². The third-order valence-corrected chi connectivity index (χ3v) is 3.17. The molecule has 0 unspecified atom stereocenters. The summed E-state index contributed by atoms with van der Waals surface area (Å²) < 4.78 is 0. The molecule has 0 bridgehead atoms. The number of halogens is 1. The van der Waals surface area contributed by atoms with Gasteiger partial charge in [-0.1, -0.05) is 31.5 Å². The molecule has 1 aromatic heterocycles. The lowest BCUT2D eigenvalue weighted by Gasteiger charge is -2.05. The van der Waals surface area contributed by atoms with Gasteiger partial charge < -0.3 is 16.0 Å². The molecule has 5 heteroatoms. The number of aliphatic imine (C=N–C) groups is 1. The monoisotopic (exact) mass is 386 g/mol. The number of rotatable bonds is 6. The SMILES string of the molecule is CCCCN=C(N)NCCc1c[nH]c2ccccc12.I. The molecule has 0 spiro atoms. The van der Waals surface area contributed by atoms with Crippen LogP contribution in [0.5, 0.6) is 0 Å². The highest BCUT2D eigenvalue weighted by Crippen LogP contribution is 2.17. The number of fused-ring (bicyclic) bond motifs is 1. The Balaban J connectivity index is 0.00000200. The second-order valence-corrected chi connectivity index (χ2v) is 4.66. The number of aromatic amines is 1. The average Bonchev–Trinajstić information content (AvgIpc) is 2.83. The van der Waals surface area contributed by atoms with Crippen molar-refractivity contribution < 1.29 is 0 Å². The van der Waals surface area contributed by atoms with Gasteiger partial charge in [-0.3, -0.25) is 4.99 Å². The van der Waals surface area contributed by atoms with E-state index in [2.05, 4.69) is 46.6 Å². The molecule has 0 aliphatic heterocycles. The van der Waals surface area contributed by atoms with Crippen molar-refractivity contribution in [1.29, 1.82) is 0 Å². The van der Waals surface area contributed by atoms with Crippen molar-refractivity contribution in [2.75, 3.05) is 13.1 Å². The van der Waals surface area contributed by atoms with E-state index in [1.165, 1.54) is 16.5 Å². The number of nitrogens with zero attached hydrogens (tertiary/aromatic N) is 1. The first kappa shape index (κ1) is 16.8. The van der Waals surface area contributed by atoms with Gasteiger partial charge in [-0.15, -0.1) is 24.0 Å². The number of hydrogen-bond donors (Lipinski definition) is 3. The molecule has 110 valence electrons. The van der Waals surface area contributed by atoms with Crippen LogP contribution in [0, 0.1) is 0 Å². The molecule has 0 saturated heterocycles. The number of nitrogens with one attached hydrogen (secondary N) is 2. The van der Waals surface area contributed by atoms with Crippen LogP contribution in [0.3, 0.4) is 0 Å². The van der Waals surface area contributed by atoms with Gasteiger partial charge in [0.25, 0.3) is 0 Å². The Morgan fingerprint density at radius 3 is 2.95 bits per heavy atom. The van der Waals surface area contributed by atoms with Crippen LogP contribution in [0.2, 0.25) is 0 Å². The van der Waals surface area contributed by atoms with Crippen LogP contribution in [-0.4, -0.2) is 24.0 Å². The van der Waals surface area contributed by atoms with E-state index in [9.17, 15) is 0 Å². The minimum absolute atomic E-state index is 0. The van der Waals surface area contributed by atoms with Crippen LogP contribution in [0.4, 0.5) is 0 Å². The van der Waals surface area contributed by atoms with Crippen molar-refractivity contribution in [3.63, 3.8) is 0 Å². The van der Waals surface area contributed by atoms with Gasteiger partial charge >= 0.3 is 0 Å². The fourth-order valence-corrected chi connectivity index (χ4v) is 2.08. The molecule has 0 atom stereocenters. The highest BCUT2D eigenvalue weighted by Gasteiger charge is 2.02. The first-order chi connectivity index (χ1) is 9.31. The van der Waals surface area contributed by atoms with E-state index in [1.54, 1.807) is 0 Å². The number of benzene rings is 1. The van der Waals surface area contributed by atoms with Crippen LogP contribution < -0.4 is 11.1 Å². The van der Waals surface area contributed by atoms with Crippen LogP contribution in [-0.2, 0) is 6.42 Å². The van der Waals surface area contributed by atoms with E-state index in [0.717, 1.165) is 32.4 Å². The maximum Gasteiger partial charge on any atom is 0.188 e. The van der Waals surface area contributed by atoms with E-state index in [1.807, 2.05) is 6.07 Å². The smallest absolute Gasteiger partial charge is 0.188 e. The first-order valence-electron chi connectivity index (χ1n) is 6.90. The summed E-state index contributed by atoms with van der Waals surface area (Å²) in [4.78, 5) is 7.55. The minimum Gasteiger partial charge on any atom is -0.370 e. The Morgan fingerprint density at radius 1 is 1.35 bits per heavy atom. The Labute approximate surface area is 137 Å². The third kappa shape index (κ3) is 4.70. The van der Waals surface area contributed by atoms with E-state index >= 15 is 0 Å². The summed E-state index contributed by atoms with van der Waals surface area (Å²) in [6, 6.07) is 8.33. The van der Waals surface area contributed by atoms with Crippen LogP contribution in [0.15, 0.2) is 35.5 Å². The fraction of sp³-hybridized carbons (Fsp3) is 0.400. The van der Waals surface area contributed by atoms with Crippen molar-refractivity contribution in [2.24, 2.45) is 10.7 Å². The molecule has 1 heterocycles. The lowest BCUT2D eigenvalue weighted by molar-refractivity contribution is 0.791. The average molecular weight is 386 g/mol. The van der Waals surface area contributed by atoms with Crippen LogP contribution >= 0.6 is 24.0 Å². The van der Waals surface area contributed by atoms with Gasteiger partial charge in [-0.25, -0.2) is 0 Å². The minimum atomic E-state index is 0. The molecular formula is C15H23IN4. The molecule has 0 saturated carbocycles. The quantitative estimate of drug-likeness (QED) is 0.309. The topological polar surface area (TPSA) is 66.2 Å². The normalized spacial score (nSPS) is 11.3. The van der Waals surface area contributed by atoms with Gasteiger partial charge in [-0.2, -0.15) is 0 Å². The molecule has 4 nitrogen and oxygen atoms in total. The lowest BCUT2D eigenvalue weighted by atomic mass is 10.1. The Bertz CT molecular complexity index is 548. The van der Waals surface area contributed by atoms with Crippen LogP contribution in [0.1, 0.15) is 25.3 Å². The molecule has 2 aromatic rings. The van der Waals surface area contributed by atoms with Crippen LogP contribution in [0.25, 0.3) is 10.9 Å². The fourth-order valence-electron chi connectivity index (χ4n) is 2.08. The van der Waals surface area contributed by atoms with E-state index < -0.39 is 0 Å². The second kappa shape index (κ2) is 8.84. The third-order valence-electron chi connectivity index (χ3n) is 3.17.